The smallest absolute Gasteiger partial charge is 0.319 e. The summed E-state index contributed by atoms with van der Waals surface area (Å²) in [6, 6.07) is 0. The van der Waals surface area contributed by atoms with Gasteiger partial charge in [-0.2, -0.15) is 0 Å². The fourth-order valence-corrected chi connectivity index (χ4v) is 2.70. The van der Waals surface area contributed by atoms with Gasteiger partial charge in [0, 0.05) is 0 Å². The fourth-order valence-electron chi connectivity index (χ4n) is 1.18. The van der Waals surface area contributed by atoms with Gasteiger partial charge < -0.3 is 4.74 Å². The maximum Gasteiger partial charge on any atom is 0.319 e. The molecule has 5 nitrogen and oxygen atoms in total. The lowest BCUT2D eigenvalue weighted by molar-refractivity contribution is -0.157. The van der Waals surface area contributed by atoms with Crippen LogP contribution in [0.2, 0.25) is 0 Å². The van der Waals surface area contributed by atoms with Crippen LogP contribution in [0.4, 0.5) is 0 Å². The van der Waals surface area contributed by atoms with E-state index in [1.54, 1.807) is 20.8 Å². The summed E-state index contributed by atoms with van der Waals surface area (Å²) in [6.45, 7) is 7.87. The Morgan fingerprint density at radius 1 is 1.22 bits per heavy atom. The summed E-state index contributed by atoms with van der Waals surface area (Å²) in [4.78, 5) is 23.5. The highest BCUT2D eigenvalue weighted by molar-refractivity contribution is 7.92. The molecule has 0 saturated carbocycles. The van der Waals surface area contributed by atoms with E-state index < -0.39 is 38.0 Å². The molecule has 0 bridgehead atoms. The third-order valence-corrected chi connectivity index (χ3v) is 5.23. The molecule has 0 aromatic carbocycles. The van der Waals surface area contributed by atoms with Gasteiger partial charge in [-0.15, -0.1) is 0 Å². The van der Waals surface area contributed by atoms with Crippen LogP contribution < -0.4 is 0 Å². The second-order valence-corrected chi connectivity index (χ2v) is 7.21. The lowest BCUT2D eigenvalue weighted by atomic mass is 9.89. The Hall–Kier alpha value is -0.910. The van der Waals surface area contributed by atoms with Crippen LogP contribution in [0.5, 0.6) is 0 Å². The first-order chi connectivity index (χ1) is 8.09. The summed E-state index contributed by atoms with van der Waals surface area (Å²) < 4.78 is 28.4. The van der Waals surface area contributed by atoms with Crippen LogP contribution >= 0.6 is 0 Å². The lowest BCUT2D eigenvalue weighted by Crippen LogP contribution is -2.40. The number of hydrogen-bond acceptors (Lipinski definition) is 5. The first-order valence-electron chi connectivity index (χ1n) is 6.01. The van der Waals surface area contributed by atoms with Gasteiger partial charge in [-0.3, -0.25) is 9.59 Å². The topological polar surface area (TPSA) is 77.5 Å². The van der Waals surface area contributed by atoms with Crippen molar-refractivity contribution in [2.45, 2.75) is 46.3 Å². The zero-order valence-electron chi connectivity index (χ0n) is 11.6. The SMILES string of the molecule is CCOC(=O)C(C)(C)C(=O)CS(=O)(=O)C(C)CC. The van der Waals surface area contributed by atoms with Crippen molar-refractivity contribution in [3.8, 4) is 0 Å². The number of Topliss-reactive ketones (excluding diaryl/α,β-unsaturated/α-hetero) is 1. The maximum absolute atomic E-state index is 11.9. The van der Waals surface area contributed by atoms with Crippen molar-refractivity contribution in [1.29, 1.82) is 0 Å². The highest BCUT2D eigenvalue weighted by Crippen LogP contribution is 2.21. The zero-order chi connectivity index (χ0) is 14.6. The standard InChI is InChI=1S/C12H22O5S/c1-6-9(3)18(15,16)8-10(13)12(4,5)11(14)17-7-2/h9H,6-8H2,1-5H3. The molecule has 1 atom stereocenters. The normalized spacial score (nSPS) is 14.1. The largest absolute Gasteiger partial charge is 0.465 e. The number of carbonyl (C=O) groups excluding carboxylic acids is 2. The molecule has 0 spiro atoms. The predicted octanol–water partition coefficient (Wildman–Crippen LogP) is 1.36. The molecular formula is C12H22O5S. The van der Waals surface area contributed by atoms with Crippen LogP contribution in [0.15, 0.2) is 0 Å². The summed E-state index contributed by atoms with van der Waals surface area (Å²) >= 11 is 0. The van der Waals surface area contributed by atoms with Crippen LogP contribution in [0, 0.1) is 5.41 Å². The Bertz CT molecular complexity index is 408. The first-order valence-corrected chi connectivity index (χ1v) is 7.73. The van der Waals surface area contributed by atoms with Crippen molar-refractivity contribution >= 4 is 21.6 Å². The van der Waals surface area contributed by atoms with Gasteiger partial charge >= 0.3 is 5.97 Å². The Morgan fingerprint density at radius 2 is 1.72 bits per heavy atom. The van der Waals surface area contributed by atoms with E-state index in [1.807, 2.05) is 0 Å². The molecule has 0 aliphatic rings. The predicted molar refractivity (Wildman–Crippen MR) is 69.0 cm³/mol. The Balaban J connectivity index is 4.93. The van der Waals surface area contributed by atoms with Crippen molar-refractivity contribution in [3.05, 3.63) is 0 Å². The molecule has 0 fully saturated rings. The van der Waals surface area contributed by atoms with Crippen molar-refractivity contribution in [1.82, 2.24) is 0 Å². The van der Waals surface area contributed by atoms with E-state index in [-0.39, 0.29) is 6.61 Å². The van der Waals surface area contributed by atoms with E-state index >= 15 is 0 Å². The maximum atomic E-state index is 11.9. The average Bonchev–Trinajstić information content (AvgIpc) is 2.27. The molecule has 0 aliphatic heterocycles. The van der Waals surface area contributed by atoms with Crippen LogP contribution in [0.1, 0.15) is 41.0 Å². The molecule has 0 saturated heterocycles. The first kappa shape index (κ1) is 17.1. The van der Waals surface area contributed by atoms with E-state index in [4.69, 9.17) is 4.74 Å². The van der Waals surface area contributed by atoms with Crippen LogP contribution in [0.25, 0.3) is 0 Å². The minimum Gasteiger partial charge on any atom is -0.465 e. The number of rotatable bonds is 7. The quantitative estimate of drug-likeness (QED) is 0.519. The van der Waals surface area contributed by atoms with Crippen LogP contribution in [-0.4, -0.2) is 37.8 Å². The summed E-state index contributed by atoms with van der Waals surface area (Å²) in [5.41, 5.74) is -1.42. The average molecular weight is 278 g/mol. The number of sulfone groups is 1. The summed E-state index contributed by atoms with van der Waals surface area (Å²) in [6.07, 6.45) is 0.440. The number of ketones is 1. The molecule has 0 amide bonds. The summed E-state index contributed by atoms with van der Waals surface area (Å²) in [7, 11) is -3.50. The number of hydrogen-bond donors (Lipinski definition) is 0. The molecule has 1 unspecified atom stereocenters. The van der Waals surface area contributed by atoms with Gasteiger partial charge in [0.15, 0.2) is 15.6 Å². The van der Waals surface area contributed by atoms with Gasteiger partial charge in [0.25, 0.3) is 0 Å². The van der Waals surface area contributed by atoms with E-state index in [1.165, 1.54) is 13.8 Å². The molecule has 0 heterocycles. The van der Waals surface area contributed by atoms with Gasteiger partial charge in [0.05, 0.1) is 11.9 Å². The zero-order valence-corrected chi connectivity index (χ0v) is 12.5. The third kappa shape index (κ3) is 4.08. The van der Waals surface area contributed by atoms with E-state index in [0.717, 1.165) is 0 Å². The van der Waals surface area contributed by atoms with Crippen LogP contribution in [-0.2, 0) is 24.2 Å². The molecule has 106 valence electrons. The monoisotopic (exact) mass is 278 g/mol. The van der Waals surface area contributed by atoms with E-state index in [2.05, 4.69) is 0 Å². The molecule has 18 heavy (non-hydrogen) atoms. The Labute approximate surface area is 109 Å². The highest BCUT2D eigenvalue weighted by atomic mass is 32.2. The molecular weight excluding hydrogens is 256 g/mol. The van der Waals surface area contributed by atoms with Gasteiger partial charge in [-0.25, -0.2) is 8.42 Å². The molecule has 0 radical (unpaired) electrons. The van der Waals surface area contributed by atoms with Crippen molar-refractivity contribution in [2.24, 2.45) is 5.41 Å². The summed E-state index contributed by atoms with van der Waals surface area (Å²) in [5.74, 6) is -1.93. The number of esters is 1. The molecule has 6 heteroatoms. The Morgan fingerprint density at radius 3 is 2.11 bits per heavy atom. The minimum absolute atomic E-state index is 0.160. The van der Waals surface area contributed by atoms with Gasteiger partial charge in [0.2, 0.25) is 0 Å². The van der Waals surface area contributed by atoms with Crippen molar-refractivity contribution in [3.63, 3.8) is 0 Å². The minimum atomic E-state index is -3.50. The Kier molecular flexibility index (Phi) is 5.99. The fraction of sp³-hybridized carbons (Fsp3) is 0.833. The molecule has 0 rings (SSSR count). The van der Waals surface area contributed by atoms with Gasteiger partial charge in [-0.1, -0.05) is 6.92 Å². The van der Waals surface area contributed by atoms with Crippen molar-refractivity contribution in [2.75, 3.05) is 12.4 Å². The van der Waals surface area contributed by atoms with Gasteiger partial charge in [0.1, 0.15) is 11.2 Å². The van der Waals surface area contributed by atoms with E-state index in [0.29, 0.717) is 6.42 Å². The summed E-state index contributed by atoms with van der Waals surface area (Å²) in [5, 5.41) is -0.584. The molecule has 0 N–H and O–H groups in total. The number of ether oxygens (including phenoxy) is 1. The molecule has 0 aromatic rings. The number of carbonyl (C=O) groups is 2. The second-order valence-electron chi connectivity index (χ2n) is 4.79. The third-order valence-electron chi connectivity index (χ3n) is 3.00. The van der Waals surface area contributed by atoms with Crippen LogP contribution in [0.3, 0.4) is 0 Å². The van der Waals surface area contributed by atoms with E-state index in [9.17, 15) is 18.0 Å². The second kappa shape index (κ2) is 6.31. The van der Waals surface area contributed by atoms with Gasteiger partial charge in [-0.05, 0) is 34.1 Å². The molecule has 0 aromatic heterocycles. The molecule has 0 aliphatic carbocycles. The lowest BCUT2D eigenvalue weighted by Gasteiger charge is -2.21. The highest BCUT2D eigenvalue weighted by Gasteiger charge is 2.40. The van der Waals surface area contributed by atoms with Crippen molar-refractivity contribution < 1.29 is 22.7 Å².